The molecule has 1 aliphatic rings. The van der Waals surface area contributed by atoms with E-state index in [1.54, 1.807) is 24.3 Å². The van der Waals surface area contributed by atoms with E-state index >= 15 is 0 Å². The molecule has 0 saturated heterocycles. The Bertz CT molecular complexity index is 1330. The number of aryl methyl sites for hydroxylation is 1. The van der Waals surface area contributed by atoms with Crippen molar-refractivity contribution in [2.75, 3.05) is 0 Å². The highest BCUT2D eigenvalue weighted by Gasteiger charge is 2.30. The van der Waals surface area contributed by atoms with E-state index in [0.29, 0.717) is 35.0 Å². The van der Waals surface area contributed by atoms with E-state index in [2.05, 4.69) is 15.0 Å². The Kier molecular flexibility index (Phi) is 5.07. The Balaban J connectivity index is 1.61. The average Bonchev–Trinajstić information content (AvgIpc) is 3.31. The lowest BCUT2D eigenvalue weighted by atomic mass is 10.0. The summed E-state index contributed by atoms with van der Waals surface area (Å²) >= 11 is 0. The smallest absolute Gasteiger partial charge is 0.387 e. The summed E-state index contributed by atoms with van der Waals surface area (Å²) in [7, 11) is 0. The maximum atomic E-state index is 14.9. The highest BCUT2D eigenvalue weighted by molar-refractivity contribution is 5.83. The number of fused-ring (bicyclic) bond motifs is 3. The predicted octanol–water partition coefficient (Wildman–Crippen LogP) is 5.97. The van der Waals surface area contributed by atoms with Gasteiger partial charge in [0, 0.05) is 41.6 Å². The van der Waals surface area contributed by atoms with Crippen LogP contribution in [0.5, 0.6) is 5.75 Å². The number of alkyl halides is 3. The molecule has 0 saturated carbocycles. The Labute approximate surface area is 187 Å². The average molecular weight is 456 g/mol. The molecule has 4 aromatic rings. The zero-order valence-corrected chi connectivity index (χ0v) is 17.9. The number of nitrogens with zero attached hydrogens (tertiary/aromatic N) is 4. The van der Waals surface area contributed by atoms with Crippen LogP contribution in [0.2, 0.25) is 0 Å². The van der Waals surface area contributed by atoms with E-state index in [-0.39, 0.29) is 23.2 Å². The normalized spacial score (nSPS) is 15.9. The fourth-order valence-electron chi connectivity index (χ4n) is 4.33. The second-order valence-electron chi connectivity index (χ2n) is 8.46. The molecule has 9 heteroatoms. The zero-order valence-electron chi connectivity index (χ0n) is 17.9. The van der Waals surface area contributed by atoms with Gasteiger partial charge in [-0.25, -0.2) is 23.7 Å². The standard InChI is InChI=1S/C24H20F4N4O/c1-24(2,28)22-29-11-13(12-30-22)15-9-19-17(10-16(15)25)31-21-8-7-18(32(19)21)14-5-3-4-6-20(14)33-23(26)27/h3-6,9-12,18,23H,7-8H2,1-2H3/t18-/m1/s1. The first kappa shape index (κ1) is 21.4. The van der Waals surface area contributed by atoms with Gasteiger partial charge in [0.2, 0.25) is 0 Å². The molecule has 0 aliphatic carbocycles. The minimum absolute atomic E-state index is 0.00804. The second-order valence-corrected chi connectivity index (χ2v) is 8.46. The van der Waals surface area contributed by atoms with Crippen molar-refractivity contribution in [1.82, 2.24) is 19.5 Å². The van der Waals surface area contributed by atoms with E-state index in [0.717, 1.165) is 5.82 Å². The lowest BCUT2D eigenvalue weighted by molar-refractivity contribution is -0.0506. The Morgan fingerprint density at radius 2 is 1.85 bits per heavy atom. The molecule has 2 aromatic carbocycles. The topological polar surface area (TPSA) is 52.8 Å². The van der Waals surface area contributed by atoms with Crippen molar-refractivity contribution in [2.45, 2.75) is 45.0 Å². The zero-order chi connectivity index (χ0) is 23.3. The maximum absolute atomic E-state index is 14.9. The molecule has 0 amide bonds. The Morgan fingerprint density at radius 1 is 1.12 bits per heavy atom. The third kappa shape index (κ3) is 3.81. The van der Waals surface area contributed by atoms with Crippen molar-refractivity contribution in [2.24, 2.45) is 0 Å². The molecular weight excluding hydrogens is 436 g/mol. The quantitative estimate of drug-likeness (QED) is 0.347. The van der Waals surface area contributed by atoms with E-state index in [1.165, 1.54) is 38.4 Å². The molecule has 0 fully saturated rings. The molecule has 5 nitrogen and oxygen atoms in total. The largest absolute Gasteiger partial charge is 0.434 e. The molecule has 3 heterocycles. The first-order valence-electron chi connectivity index (χ1n) is 10.5. The van der Waals surface area contributed by atoms with Crippen molar-refractivity contribution < 1.29 is 22.3 Å². The summed E-state index contributed by atoms with van der Waals surface area (Å²) in [5, 5.41) is 0. The summed E-state index contributed by atoms with van der Waals surface area (Å²) in [5.41, 5.74) is 0.662. The Hall–Kier alpha value is -3.49. The fraction of sp³-hybridized carbons (Fsp3) is 0.292. The minimum atomic E-state index is -2.94. The summed E-state index contributed by atoms with van der Waals surface area (Å²) in [5.74, 6) is 0.346. The van der Waals surface area contributed by atoms with Gasteiger partial charge in [-0.2, -0.15) is 8.78 Å². The number of ether oxygens (including phenoxy) is 1. The van der Waals surface area contributed by atoms with Crippen LogP contribution in [0, 0.1) is 5.82 Å². The molecule has 33 heavy (non-hydrogen) atoms. The maximum Gasteiger partial charge on any atom is 0.387 e. The van der Waals surface area contributed by atoms with Gasteiger partial charge in [-0.1, -0.05) is 18.2 Å². The lowest BCUT2D eigenvalue weighted by Gasteiger charge is -2.19. The van der Waals surface area contributed by atoms with E-state index < -0.39 is 18.1 Å². The highest BCUT2D eigenvalue weighted by atomic mass is 19.3. The van der Waals surface area contributed by atoms with Gasteiger partial charge in [-0.3, -0.25) is 0 Å². The van der Waals surface area contributed by atoms with Crippen molar-refractivity contribution in [1.29, 1.82) is 0 Å². The monoisotopic (exact) mass is 456 g/mol. The third-order valence-corrected chi connectivity index (χ3v) is 5.79. The Morgan fingerprint density at radius 3 is 2.55 bits per heavy atom. The molecule has 0 bridgehead atoms. The molecule has 170 valence electrons. The molecule has 1 atom stereocenters. The third-order valence-electron chi connectivity index (χ3n) is 5.79. The number of hydrogen-bond acceptors (Lipinski definition) is 4. The highest BCUT2D eigenvalue weighted by Crippen LogP contribution is 2.40. The minimum Gasteiger partial charge on any atom is -0.434 e. The summed E-state index contributed by atoms with van der Waals surface area (Å²) < 4.78 is 61.6. The number of hydrogen-bond donors (Lipinski definition) is 0. The summed E-state index contributed by atoms with van der Waals surface area (Å²) in [6.07, 6.45) is 4.04. The molecule has 0 spiro atoms. The molecule has 0 radical (unpaired) electrons. The van der Waals surface area contributed by atoms with Crippen LogP contribution in [0.25, 0.3) is 22.2 Å². The van der Waals surface area contributed by atoms with Gasteiger partial charge >= 0.3 is 6.61 Å². The van der Waals surface area contributed by atoms with Gasteiger partial charge in [0.05, 0.1) is 17.1 Å². The number of para-hydroxylation sites is 1. The van der Waals surface area contributed by atoms with Gasteiger partial charge < -0.3 is 9.30 Å². The van der Waals surface area contributed by atoms with E-state index in [4.69, 9.17) is 4.74 Å². The van der Waals surface area contributed by atoms with Gasteiger partial charge in [0.15, 0.2) is 11.5 Å². The first-order valence-corrected chi connectivity index (χ1v) is 10.5. The van der Waals surface area contributed by atoms with Crippen molar-refractivity contribution in [3.8, 4) is 16.9 Å². The molecule has 1 aliphatic heterocycles. The second kappa shape index (κ2) is 7.83. The van der Waals surface area contributed by atoms with Crippen LogP contribution in [0.4, 0.5) is 17.6 Å². The van der Waals surface area contributed by atoms with Crippen molar-refractivity contribution in [3.05, 3.63) is 71.8 Å². The van der Waals surface area contributed by atoms with E-state index in [9.17, 15) is 17.6 Å². The molecular formula is C24H20F4N4O. The van der Waals surface area contributed by atoms with Gasteiger partial charge in [-0.15, -0.1) is 0 Å². The van der Waals surface area contributed by atoms with Crippen LogP contribution in [0.3, 0.4) is 0 Å². The van der Waals surface area contributed by atoms with Crippen molar-refractivity contribution in [3.63, 3.8) is 0 Å². The first-order chi connectivity index (χ1) is 15.7. The summed E-state index contributed by atoms with van der Waals surface area (Å²) in [4.78, 5) is 12.6. The molecule has 2 aromatic heterocycles. The molecule has 5 rings (SSSR count). The summed E-state index contributed by atoms with van der Waals surface area (Å²) in [6, 6.07) is 9.36. The molecule has 0 unspecified atom stereocenters. The number of aromatic nitrogens is 4. The predicted molar refractivity (Wildman–Crippen MR) is 114 cm³/mol. The number of halogens is 4. The van der Waals surface area contributed by atoms with Crippen LogP contribution in [-0.4, -0.2) is 26.1 Å². The van der Waals surface area contributed by atoms with Crippen LogP contribution >= 0.6 is 0 Å². The SMILES string of the molecule is CC(C)(F)c1ncc(-c2cc3c(cc2F)nc2n3[C@@H](c3ccccc3OC(F)F)CC2)cn1. The van der Waals surface area contributed by atoms with Crippen molar-refractivity contribution >= 4 is 11.0 Å². The van der Waals surface area contributed by atoms with Crippen LogP contribution < -0.4 is 4.74 Å². The number of imidazole rings is 1. The van der Waals surface area contributed by atoms with Crippen LogP contribution in [0.1, 0.15) is 43.5 Å². The molecule has 0 N–H and O–H groups in total. The number of rotatable bonds is 5. The van der Waals surface area contributed by atoms with Crippen LogP contribution in [-0.2, 0) is 12.1 Å². The fourth-order valence-corrected chi connectivity index (χ4v) is 4.33. The van der Waals surface area contributed by atoms with Gasteiger partial charge in [-0.05, 0) is 32.4 Å². The van der Waals surface area contributed by atoms with Crippen LogP contribution in [0.15, 0.2) is 48.8 Å². The number of benzene rings is 2. The van der Waals surface area contributed by atoms with Gasteiger partial charge in [0.1, 0.15) is 17.4 Å². The lowest BCUT2D eigenvalue weighted by Crippen LogP contribution is -2.13. The van der Waals surface area contributed by atoms with Gasteiger partial charge in [0.25, 0.3) is 0 Å². The van der Waals surface area contributed by atoms with E-state index in [1.807, 2.05) is 4.57 Å². The summed E-state index contributed by atoms with van der Waals surface area (Å²) in [6.45, 7) is -0.246.